The van der Waals surface area contributed by atoms with E-state index < -0.39 is 0 Å². The molecule has 0 bridgehead atoms. The summed E-state index contributed by atoms with van der Waals surface area (Å²) in [5.74, 6) is 0.751. The Morgan fingerprint density at radius 2 is 1.92 bits per heavy atom. The van der Waals surface area contributed by atoms with E-state index >= 15 is 0 Å². The molecule has 0 radical (unpaired) electrons. The van der Waals surface area contributed by atoms with Crippen LogP contribution in [0, 0.1) is 5.92 Å². The Bertz CT molecular complexity index is 1380. The first kappa shape index (κ1) is 26.1. The van der Waals surface area contributed by atoms with Gasteiger partial charge in [0.2, 0.25) is 0 Å². The van der Waals surface area contributed by atoms with E-state index in [-0.39, 0.29) is 11.8 Å². The summed E-state index contributed by atoms with van der Waals surface area (Å²) in [5.41, 5.74) is 3.21. The van der Waals surface area contributed by atoms with Crippen molar-refractivity contribution < 1.29 is 14.4 Å². The molecule has 3 aliphatic heterocycles. The van der Waals surface area contributed by atoms with Crippen LogP contribution in [0.3, 0.4) is 0 Å². The summed E-state index contributed by atoms with van der Waals surface area (Å²) in [7, 11) is 5.30. The summed E-state index contributed by atoms with van der Waals surface area (Å²) in [6.45, 7) is 4.32. The van der Waals surface area contributed by atoms with E-state index in [1.165, 1.54) is 18.6 Å². The molecule has 6 rings (SSSR count). The Balaban J connectivity index is 1.29. The van der Waals surface area contributed by atoms with Crippen LogP contribution in [0.5, 0.6) is 6.01 Å². The highest BCUT2D eigenvalue weighted by atomic mass is 35.5. The monoisotopic (exact) mass is 550 g/mol. The fourth-order valence-electron chi connectivity index (χ4n) is 5.98. The minimum Gasteiger partial charge on any atom is -0.462 e. The fraction of sp³-hybridized carbons (Fsp3) is 0.483. The Morgan fingerprint density at radius 3 is 2.67 bits per heavy atom. The predicted octanol–water partition coefficient (Wildman–Crippen LogP) is 3.77. The number of hydroxylamine groups is 2. The standard InChI is InChI=1S/C29H35ClN6O3/c1-33-13-6-9-21(33)18-39-29-31-24-17-35(25-11-5-8-19-7-4-10-23(30)26(19)25)14-12-22(24)27(32-29)36-15-20(16-36)28(37)34(2)38-3/h4-5,7-8,10-11,20-21H,6,9,12-18H2,1-3H3/t21-/m0/s1. The number of likely N-dealkylation sites (N-methyl/N-ethyl adjacent to an activating group) is 1. The van der Waals surface area contributed by atoms with Crippen molar-refractivity contribution in [2.45, 2.75) is 31.8 Å². The number of carbonyl (C=O) groups excluding carboxylic acids is 1. The van der Waals surface area contributed by atoms with Crippen molar-refractivity contribution in [3.05, 3.63) is 52.7 Å². The van der Waals surface area contributed by atoms with Gasteiger partial charge >= 0.3 is 6.01 Å². The predicted molar refractivity (Wildman–Crippen MR) is 152 cm³/mol. The van der Waals surface area contributed by atoms with E-state index in [4.69, 9.17) is 31.1 Å². The number of benzene rings is 2. The normalized spacial score (nSPS) is 19.7. The zero-order chi connectivity index (χ0) is 27.1. The van der Waals surface area contributed by atoms with Gasteiger partial charge in [0, 0.05) is 49.4 Å². The van der Waals surface area contributed by atoms with E-state index in [0.717, 1.165) is 64.5 Å². The third kappa shape index (κ3) is 4.99. The lowest BCUT2D eigenvalue weighted by Gasteiger charge is -2.42. The molecule has 0 unspecified atom stereocenters. The van der Waals surface area contributed by atoms with Gasteiger partial charge in [0.15, 0.2) is 0 Å². The van der Waals surface area contributed by atoms with Crippen molar-refractivity contribution in [1.29, 1.82) is 0 Å². The highest BCUT2D eigenvalue weighted by molar-refractivity contribution is 6.36. The van der Waals surface area contributed by atoms with Crippen LogP contribution in [-0.2, 0) is 22.6 Å². The number of rotatable bonds is 7. The zero-order valence-corrected chi connectivity index (χ0v) is 23.5. The van der Waals surface area contributed by atoms with Crippen molar-refractivity contribution in [3.63, 3.8) is 0 Å². The third-order valence-electron chi connectivity index (χ3n) is 8.39. The molecule has 2 saturated heterocycles. The second-order valence-corrected chi connectivity index (χ2v) is 11.2. The molecule has 1 aromatic heterocycles. The van der Waals surface area contributed by atoms with E-state index in [9.17, 15) is 4.79 Å². The minimum absolute atomic E-state index is 0.0172. The van der Waals surface area contributed by atoms with E-state index in [1.54, 1.807) is 7.05 Å². The number of halogens is 1. The first-order valence-electron chi connectivity index (χ1n) is 13.6. The summed E-state index contributed by atoms with van der Waals surface area (Å²) >= 11 is 6.66. The maximum atomic E-state index is 12.6. The molecule has 0 aliphatic carbocycles. The van der Waals surface area contributed by atoms with Gasteiger partial charge in [0.25, 0.3) is 5.91 Å². The minimum atomic E-state index is -0.116. The van der Waals surface area contributed by atoms with Gasteiger partial charge in [-0.3, -0.25) is 9.63 Å². The first-order chi connectivity index (χ1) is 18.9. The van der Waals surface area contributed by atoms with E-state index in [0.29, 0.717) is 38.3 Å². The van der Waals surface area contributed by atoms with E-state index in [1.807, 2.05) is 12.1 Å². The Labute approximate surface area is 234 Å². The van der Waals surface area contributed by atoms with Crippen LogP contribution < -0.4 is 14.5 Å². The van der Waals surface area contributed by atoms with Gasteiger partial charge in [-0.05, 0) is 50.4 Å². The van der Waals surface area contributed by atoms with Gasteiger partial charge in [0.1, 0.15) is 12.4 Å². The number of ether oxygens (including phenoxy) is 1. The third-order valence-corrected chi connectivity index (χ3v) is 8.70. The van der Waals surface area contributed by atoms with Crippen LogP contribution in [-0.4, -0.2) is 85.9 Å². The molecule has 2 aromatic carbocycles. The molecule has 1 amide bonds. The number of fused-ring (bicyclic) bond motifs is 2. The van der Waals surface area contributed by atoms with Crippen molar-refractivity contribution in [2.75, 3.05) is 63.8 Å². The Morgan fingerprint density at radius 1 is 1.13 bits per heavy atom. The lowest BCUT2D eigenvalue weighted by Crippen LogP contribution is -2.54. The van der Waals surface area contributed by atoms with Gasteiger partial charge in [0.05, 0.1) is 30.3 Å². The fourth-order valence-corrected chi connectivity index (χ4v) is 6.25. The quantitative estimate of drug-likeness (QED) is 0.412. The van der Waals surface area contributed by atoms with Crippen molar-refractivity contribution in [3.8, 4) is 6.01 Å². The second kappa shape index (κ2) is 10.8. The molecule has 39 heavy (non-hydrogen) atoms. The number of likely N-dealkylation sites (tertiary alicyclic amines) is 1. The summed E-state index contributed by atoms with van der Waals surface area (Å²) in [6.07, 6.45) is 3.10. The smallest absolute Gasteiger partial charge is 0.318 e. The topological polar surface area (TPSA) is 74.3 Å². The molecule has 3 aromatic rings. The molecule has 0 N–H and O–H groups in total. The summed E-state index contributed by atoms with van der Waals surface area (Å²) in [4.78, 5) is 34.4. The molecule has 0 saturated carbocycles. The number of anilines is 2. The maximum Gasteiger partial charge on any atom is 0.318 e. The number of aromatic nitrogens is 2. The second-order valence-electron chi connectivity index (χ2n) is 10.7. The van der Waals surface area contributed by atoms with Crippen LogP contribution in [0.1, 0.15) is 24.1 Å². The molecule has 3 aliphatic rings. The summed E-state index contributed by atoms with van der Waals surface area (Å²) in [5, 5.41) is 4.24. The Hall–Kier alpha value is -3.14. The highest BCUT2D eigenvalue weighted by Crippen LogP contribution is 2.38. The highest BCUT2D eigenvalue weighted by Gasteiger charge is 2.38. The average molecular weight is 551 g/mol. The Kier molecular flexibility index (Phi) is 7.22. The van der Waals surface area contributed by atoms with Gasteiger partial charge in [-0.1, -0.05) is 35.9 Å². The zero-order valence-electron chi connectivity index (χ0n) is 22.8. The molecular weight excluding hydrogens is 516 g/mol. The van der Waals surface area contributed by atoms with E-state index in [2.05, 4.69) is 46.0 Å². The lowest BCUT2D eigenvalue weighted by atomic mass is 9.96. The molecule has 0 spiro atoms. The summed E-state index contributed by atoms with van der Waals surface area (Å²) in [6, 6.07) is 13.1. The summed E-state index contributed by atoms with van der Waals surface area (Å²) < 4.78 is 6.22. The first-order valence-corrected chi connectivity index (χ1v) is 14.0. The van der Waals surface area contributed by atoms with Crippen LogP contribution >= 0.6 is 11.6 Å². The van der Waals surface area contributed by atoms with Gasteiger partial charge in [-0.2, -0.15) is 9.97 Å². The molecule has 4 heterocycles. The van der Waals surface area contributed by atoms with Crippen LogP contribution in [0.2, 0.25) is 5.02 Å². The molecule has 9 nitrogen and oxygen atoms in total. The molecule has 10 heteroatoms. The largest absolute Gasteiger partial charge is 0.462 e. The van der Waals surface area contributed by atoms with Crippen LogP contribution in [0.25, 0.3) is 10.8 Å². The van der Waals surface area contributed by atoms with Crippen molar-refractivity contribution in [2.24, 2.45) is 5.92 Å². The number of hydrogen-bond donors (Lipinski definition) is 0. The van der Waals surface area contributed by atoms with Crippen LogP contribution in [0.15, 0.2) is 36.4 Å². The number of nitrogens with zero attached hydrogens (tertiary/aromatic N) is 6. The SMILES string of the molecule is CON(C)C(=O)C1CN(c2nc(OC[C@@H]3CCCN3C)nc3c2CCN(c2cccc4cccc(Cl)c24)C3)C1. The van der Waals surface area contributed by atoms with Crippen molar-refractivity contribution in [1.82, 2.24) is 19.9 Å². The van der Waals surface area contributed by atoms with Gasteiger partial charge < -0.3 is 19.4 Å². The number of amides is 1. The van der Waals surface area contributed by atoms with Gasteiger partial charge in [-0.25, -0.2) is 5.06 Å². The average Bonchev–Trinajstić information content (AvgIpc) is 3.34. The van der Waals surface area contributed by atoms with Crippen molar-refractivity contribution >= 4 is 39.8 Å². The number of hydrogen-bond acceptors (Lipinski definition) is 8. The van der Waals surface area contributed by atoms with Crippen LogP contribution in [0.4, 0.5) is 11.5 Å². The molecular formula is C29H35ClN6O3. The maximum absolute atomic E-state index is 12.6. The number of carbonyl (C=O) groups is 1. The lowest BCUT2D eigenvalue weighted by molar-refractivity contribution is -0.174. The molecule has 206 valence electrons. The van der Waals surface area contributed by atoms with Gasteiger partial charge in [-0.15, -0.1) is 0 Å². The molecule has 2 fully saturated rings. The molecule has 1 atom stereocenters.